The van der Waals surface area contributed by atoms with Crippen molar-refractivity contribution in [1.82, 2.24) is 0 Å². The van der Waals surface area contributed by atoms with Crippen LogP contribution in [0.25, 0.3) is 6.08 Å². The lowest BCUT2D eigenvalue weighted by atomic mass is 9.66. The van der Waals surface area contributed by atoms with Crippen LogP contribution in [0.5, 0.6) is 0 Å². The van der Waals surface area contributed by atoms with Crippen molar-refractivity contribution < 1.29 is 4.79 Å². The molecule has 0 bridgehead atoms. The van der Waals surface area contributed by atoms with Crippen molar-refractivity contribution >= 4 is 24.4 Å². The first kappa shape index (κ1) is 15.4. The molecule has 3 aliphatic rings. The van der Waals surface area contributed by atoms with Gasteiger partial charge in [-0.25, -0.2) is 0 Å². The molecule has 0 radical (unpaired) electrons. The van der Waals surface area contributed by atoms with Crippen LogP contribution in [0.15, 0.2) is 41.5 Å². The fourth-order valence-electron chi connectivity index (χ4n) is 4.31. The number of rotatable bonds is 1. The molecule has 0 spiro atoms. The maximum absolute atomic E-state index is 11.5. The van der Waals surface area contributed by atoms with Crippen LogP contribution in [0.3, 0.4) is 0 Å². The Bertz CT molecular complexity index is 661. The molecular formula is C19H22ClNO. The number of hydrogen-bond donors (Lipinski definition) is 1. The summed E-state index contributed by atoms with van der Waals surface area (Å²) in [5.74, 6) is 1.27. The minimum Gasteiger partial charge on any atom is -0.369 e. The third-order valence-electron chi connectivity index (χ3n) is 5.51. The van der Waals surface area contributed by atoms with E-state index in [2.05, 4.69) is 36.4 Å². The highest BCUT2D eigenvalue weighted by Gasteiger charge is 2.35. The summed E-state index contributed by atoms with van der Waals surface area (Å²) in [7, 11) is 0. The van der Waals surface area contributed by atoms with E-state index in [1.54, 1.807) is 0 Å². The first-order valence-corrected chi connectivity index (χ1v) is 8.00. The maximum atomic E-state index is 11.5. The van der Waals surface area contributed by atoms with Crippen LogP contribution in [0.4, 0.5) is 0 Å². The molecule has 1 aromatic carbocycles. The number of amides is 1. The number of allylic oxidation sites excluding steroid dienone is 3. The van der Waals surface area contributed by atoms with Gasteiger partial charge in [-0.15, -0.1) is 12.4 Å². The average Bonchev–Trinajstić information content (AvgIpc) is 2.50. The highest BCUT2D eigenvalue weighted by atomic mass is 35.5. The van der Waals surface area contributed by atoms with Crippen molar-refractivity contribution in [3.8, 4) is 0 Å². The zero-order valence-electron chi connectivity index (χ0n) is 12.6. The Morgan fingerprint density at radius 2 is 1.86 bits per heavy atom. The van der Waals surface area contributed by atoms with Gasteiger partial charge in [0.25, 0.3) is 0 Å². The number of benzene rings is 1. The van der Waals surface area contributed by atoms with Gasteiger partial charge in [0.2, 0.25) is 5.91 Å². The number of nitrogens with two attached hydrogens (primary N) is 1. The second-order valence-corrected chi connectivity index (χ2v) is 6.78. The van der Waals surface area contributed by atoms with E-state index in [1.165, 1.54) is 35.1 Å². The molecule has 116 valence electrons. The number of hydrogen-bond acceptors (Lipinski definition) is 1. The standard InChI is InChI=1S/C19H21NO.ClH/c20-19(21)15-6-5-14-9-17-7-12-3-1-2-4-13(12)8-18(17)11-16(14)10-15;/h1-4,8,11,14-15,17H,5-7,9-10H2,(H2,20,21);1H. The molecule has 3 aliphatic carbocycles. The Balaban J connectivity index is 0.00000144. The van der Waals surface area contributed by atoms with Crippen molar-refractivity contribution in [3.05, 3.63) is 52.6 Å². The van der Waals surface area contributed by atoms with E-state index in [-0.39, 0.29) is 24.2 Å². The molecule has 2 nitrogen and oxygen atoms in total. The number of primary amides is 1. The monoisotopic (exact) mass is 315 g/mol. The summed E-state index contributed by atoms with van der Waals surface area (Å²) < 4.78 is 0. The summed E-state index contributed by atoms with van der Waals surface area (Å²) in [5, 5.41) is 0. The Hall–Kier alpha value is -1.54. The van der Waals surface area contributed by atoms with E-state index in [1.807, 2.05) is 0 Å². The molecule has 3 unspecified atom stereocenters. The Morgan fingerprint density at radius 1 is 1.05 bits per heavy atom. The lowest BCUT2D eigenvalue weighted by Crippen LogP contribution is -2.32. The fourth-order valence-corrected chi connectivity index (χ4v) is 4.31. The smallest absolute Gasteiger partial charge is 0.220 e. The molecule has 1 aromatic rings. The van der Waals surface area contributed by atoms with Gasteiger partial charge < -0.3 is 5.73 Å². The molecule has 3 heteroatoms. The normalized spacial score (nSPS) is 29.0. The van der Waals surface area contributed by atoms with Crippen LogP contribution in [-0.2, 0) is 11.2 Å². The van der Waals surface area contributed by atoms with Gasteiger partial charge in [0.1, 0.15) is 0 Å². The van der Waals surface area contributed by atoms with Gasteiger partial charge in [-0.3, -0.25) is 4.79 Å². The minimum absolute atomic E-state index is 0. The van der Waals surface area contributed by atoms with Crippen molar-refractivity contribution in [2.75, 3.05) is 0 Å². The van der Waals surface area contributed by atoms with E-state index in [0.717, 1.165) is 19.3 Å². The molecule has 0 aromatic heterocycles. The Labute approximate surface area is 137 Å². The second kappa shape index (κ2) is 5.92. The van der Waals surface area contributed by atoms with Gasteiger partial charge in [0.15, 0.2) is 0 Å². The zero-order valence-corrected chi connectivity index (χ0v) is 13.4. The molecule has 1 amide bonds. The first-order chi connectivity index (χ1) is 10.2. The topological polar surface area (TPSA) is 43.1 Å². The fraction of sp³-hybridized carbons (Fsp3) is 0.421. The van der Waals surface area contributed by atoms with Crippen LogP contribution in [0.1, 0.15) is 36.8 Å². The molecule has 3 atom stereocenters. The summed E-state index contributed by atoms with van der Waals surface area (Å²) in [6.07, 6.45) is 10.1. The molecule has 22 heavy (non-hydrogen) atoms. The first-order valence-electron chi connectivity index (χ1n) is 8.00. The Kier molecular flexibility index (Phi) is 4.14. The van der Waals surface area contributed by atoms with Crippen LogP contribution in [0, 0.1) is 17.8 Å². The molecule has 1 fully saturated rings. The lowest BCUT2D eigenvalue weighted by Gasteiger charge is -2.38. The Morgan fingerprint density at radius 3 is 2.68 bits per heavy atom. The largest absolute Gasteiger partial charge is 0.369 e. The SMILES string of the molecule is Cl.NC(=O)C1CCC2CC3Cc4ccccc4C=C3C=C2C1. The molecule has 1 saturated carbocycles. The van der Waals surface area contributed by atoms with E-state index >= 15 is 0 Å². The van der Waals surface area contributed by atoms with Gasteiger partial charge in [-0.05, 0) is 60.6 Å². The van der Waals surface area contributed by atoms with E-state index in [4.69, 9.17) is 5.73 Å². The van der Waals surface area contributed by atoms with Crippen LogP contribution in [-0.4, -0.2) is 5.91 Å². The molecular weight excluding hydrogens is 294 g/mol. The predicted molar refractivity (Wildman–Crippen MR) is 91.6 cm³/mol. The van der Waals surface area contributed by atoms with E-state index in [0.29, 0.717) is 11.8 Å². The van der Waals surface area contributed by atoms with Gasteiger partial charge in [0, 0.05) is 5.92 Å². The number of fused-ring (bicyclic) bond motifs is 3. The van der Waals surface area contributed by atoms with Crippen molar-refractivity contribution in [1.29, 1.82) is 0 Å². The number of halogens is 1. The molecule has 0 aliphatic heterocycles. The molecule has 0 heterocycles. The van der Waals surface area contributed by atoms with Crippen molar-refractivity contribution in [2.24, 2.45) is 23.5 Å². The highest BCUT2D eigenvalue weighted by Crippen LogP contribution is 2.45. The molecule has 4 rings (SSSR count). The van der Waals surface area contributed by atoms with E-state index < -0.39 is 0 Å². The summed E-state index contributed by atoms with van der Waals surface area (Å²) in [6, 6.07) is 8.71. The van der Waals surface area contributed by atoms with Gasteiger partial charge in [-0.2, -0.15) is 0 Å². The van der Waals surface area contributed by atoms with Gasteiger partial charge in [0.05, 0.1) is 0 Å². The van der Waals surface area contributed by atoms with Gasteiger partial charge in [-0.1, -0.05) is 42.0 Å². The summed E-state index contributed by atoms with van der Waals surface area (Å²) in [6.45, 7) is 0. The average molecular weight is 316 g/mol. The maximum Gasteiger partial charge on any atom is 0.220 e. The zero-order chi connectivity index (χ0) is 14.4. The lowest BCUT2D eigenvalue weighted by molar-refractivity contribution is -0.122. The predicted octanol–water partition coefficient (Wildman–Crippen LogP) is 3.90. The van der Waals surface area contributed by atoms with Crippen LogP contribution in [0.2, 0.25) is 0 Å². The highest BCUT2D eigenvalue weighted by molar-refractivity contribution is 5.85. The summed E-state index contributed by atoms with van der Waals surface area (Å²) in [5.41, 5.74) is 11.3. The van der Waals surface area contributed by atoms with E-state index in [9.17, 15) is 4.79 Å². The third-order valence-corrected chi connectivity index (χ3v) is 5.51. The third kappa shape index (κ3) is 2.61. The number of carbonyl (C=O) groups is 1. The minimum atomic E-state index is -0.126. The van der Waals surface area contributed by atoms with Gasteiger partial charge >= 0.3 is 0 Å². The second-order valence-electron chi connectivity index (χ2n) is 6.78. The van der Waals surface area contributed by atoms with Crippen molar-refractivity contribution in [3.63, 3.8) is 0 Å². The van der Waals surface area contributed by atoms with Crippen molar-refractivity contribution in [2.45, 2.75) is 32.1 Å². The number of carbonyl (C=O) groups excluding carboxylic acids is 1. The quantitative estimate of drug-likeness (QED) is 0.839. The molecule has 2 N–H and O–H groups in total. The summed E-state index contributed by atoms with van der Waals surface area (Å²) in [4.78, 5) is 11.5. The molecule has 0 saturated heterocycles. The summed E-state index contributed by atoms with van der Waals surface area (Å²) >= 11 is 0. The van der Waals surface area contributed by atoms with Crippen LogP contribution >= 0.6 is 12.4 Å². The van der Waals surface area contributed by atoms with Crippen LogP contribution < -0.4 is 5.73 Å².